The van der Waals surface area contributed by atoms with Crippen LogP contribution in [0.1, 0.15) is 16.7 Å². The predicted molar refractivity (Wildman–Crippen MR) is 117 cm³/mol. The smallest absolute Gasteiger partial charge is 0.388 e. The highest BCUT2D eigenvalue weighted by atomic mass is 19.4. The minimum absolute atomic E-state index is 0.213. The highest BCUT2D eigenvalue weighted by Crippen LogP contribution is 2.30. The Labute approximate surface area is 184 Å². The van der Waals surface area contributed by atoms with Crippen molar-refractivity contribution in [1.82, 2.24) is 10.2 Å². The van der Waals surface area contributed by atoms with Crippen molar-refractivity contribution in [2.75, 3.05) is 42.9 Å². The average Bonchev–Trinajstić information content (AvgIpc) is 2.78. The molecule has 2 aliphatic heterocycles. The van der Waals surface area contributed by atoms with E-state index in [1.165, 1.54) is 12.1 Å². The van der Waals surface area contributed by atoms with Crippen LogP contribution in [0.5, 0.6) is 0 Å². The van der Waals surface area contributed by atoms with Crippen molar-refractivity contribution in [3.8, 4) is 0 Å². The topological polar surface area (TPSA) is 67.8 Å². The van der Waals surface area contributed by atoms with E-state index >= 15 is 0 Å². The normalized spacial score (nSPS) is 18.2. The number of hydrogen-bond acceptors (Lipinski definition) is 4. The Hall–Kier alpha value is -3.04. The van der Waals surface area contributed by atoms with Crippen molar-refractivity contribution >= 4 is 23.5 Å². The number of anilines is 2. The molecular formula is C23H25F3N4O2. The molecule has 0 aliphatic carbocycles. The molecule has 1 atom stereocenters. The lowest BCUT2D eigenvalue weighted by Crippen LogP contribution is -2.48. The molecular weight excluding hydrogens is 421 g/mol. The van der Waals surface area contributed by atoms with E-state index in [0.717, 1.165) is 47.7 Å². The van der Waals surface area contributed by atoms with E-state index in [0.29, 0.717) is 26.2 Å². The van der Waals surface area contributed by atoms with Gasteiger partial charge in [0.2, 0.25) is 0 Å². The maximum atomic E-state index is 12.7. The van der Waals surface area contributed by atoms with Gasteiger partial charge in [0.05, 0.1) is 11.7 Å². The van der Waals surface area contributed by atoms with Gasteiger partial charge in [0.25, 0.3) is 0 Å². The zero-order valence-corrected chi connectivity index (χ0v) is 17.4. The summed E-state index contributed by atoms with van der Waals surface area (Å²) in [6.07, 6.45) is -1.35. The summed E-state index contributed by atoms with van der Waals surface area (Å²) >= 11 is 0. The second kappa shape index (κ2) is 9.22. The summed E-state index contributed by atoms with van der Waals surface area (Å²) in [4.78, 5) is 15.5. The SMILES string of the molecule is O=C1NCc2cc(C=C[C@@H](O)CN3CCN(c4ccc(C(F)(F)F)cc4)CC3)ccc2N1. The molecule has 4 rings (SSSR count). The molecule has 0 spiro atoms. The Morgan fingerprint density at radius 3 is 2.47 bits per heavy atom. The molecule has 170 valence electrons. The van der Waals surface area contributed by atoms with E-state index in [1.807, 2.05) is 24.3 Å². The summed E-state index contributed by atoms with van der Waals surface area (Å²) in [5.41, 5.74) is 2.84. The van der Waals surface area contributed by atoms with Gasteiger partial charge in [0.15, 0.2) is 0 Å². The Morgan fingerprint density at radius 2 is 1.78 bits per heavy atom. The molecule has 1 saturated heterocycles. The number of benzene rings is 2. The lowest BCUT2D eigenvalue weighted by molar-refractivity contribution is -0.137. The summed E-state index contributed by atoms with van der Waals surface area (Å²) in [6.45, 7) is 3.76. The van der Waals surface area contributed by atoms with Crippen LogP contribution in [-0.2, 0) is 12.7 Å². The molecule has 1 fully saturated rings. The molecule has 6 nitrogen and oxygen atoms in total. The molecule has 2 heterocycles. The minimum atomic E-state index is -4.33. The molecule has 0 aromatic heterocycles. The van der Waals surface area contributed by atoms with Crippen LogP contribution in [0.3, 0.4) is 0 Å². The lowest BCUT2D eigenvalue weighted by Gasteiger charge is -2.36. The van der Waals surface area contributed by atoms with Crippen LogP contribution in [0.25, 0.3) is 6.08 Å². The van der Waals surface area contributed by atoms with Gasteiger partial charge in [-0.25, -0.2) is 4.79 Å². The van der Waals surface area contributed by atoms with Gasteiger partial charge in [0, 0.05) is 50.6 Å². The number of carbonyl (C=O) groups excluding carboxylic acids is 1. The summed E-state index contributed by atoms with van der Waals surface area (Å²) in [5, 5.41) is 15.9. The van der Waals surface area contributed by atoms with Gasteiger partial charge in [-0.1, -0.05) is 18.2 Å². The van der Waals surface area contributed by atoms with E-state index in [9.17, 15) is 23.1 Å². The monoisotopic (exact) mass is 446 g/mol. The summed E-state index contributed by atoms with van der Waals surface area (Å²) < 4.78 is 38.2. The third kappa shape index (κ3) is 5.41. The number of hydrogen-bond donors (Lipinski definition) is 3. The Kier molecular flexibility index (Phi) is 6.38. The fourth-order valence-corrected chi connectivity index (χ4v) is 3.92. The summed E-state index contributed by atoms with van der Waals surface area (Å²) in [5.74, 6) is 0. The Balaban J connectivity index is 1.26. The first kappa shape index (κ1) is 22.2. The van der Waals surface area contributed by atoms with Crippen LogP contribution in [0.15, 0.2) is 48.5 Å². The number of halogens is 3. The van der Waals surface area contributed by atoms with Gasteiger partial charge in [-0.05, 0) is 47.5 Å². The summed E-state index contributed by atoms with van der Waals surface area (Å²) in [6, 6.07) is 10.7. The standard InChI is InChI=1S/C23H25F3N4O2/c24-23(25,26)18-3-5-19(6-4-18)30-11-9-29(10-12-30)15-20(31)7-1-16-2-8-21-17(13-16)14-27-22(32)28-21/h1-8,13,20,31H,9-12,14-15H2,(H2,27,28,32)/t20-/m1/s1. The number of fused-ring (bicyclic) bond motifs is 1. The van der Waals surface area contributed by atoms with Crippen molar-refractivity contribution in [1.29, 1.82) is 0 Å². The van der Waals surface area contributed by atoms with Crippen LogP contribution in [0.4, 0.5) is 29.3 Å². The number of alkyl halides is 3. The second-order valence-electron chi connectivity index (χ2n) is 7.98. The molecule has 32 heavy (non-hydrogen) atoms. The number of rotatable bonds is 5. The van der Waals surface area contributed by atoms with Crippen molar-refractivity contribution in [2.24, 2.45) is 0 Å². The van der Waals surface area contributed by atoms with Gasteiger partial charge < -0.3 is 20.6 Å². The number of piperazine rings is 1. The van der Waals surface area contributed by atoms with Gasteiger partial charge >= 0.3 is 12.2 Å². The first-order valence-electron chi connectivity index (χ1n) is 10.5. The molecule has 2 amide bonds. The largest absolute Gasteiger partial charge is 0.416 e. The number of nitrogens with zero attached hydrogens (tertiary/aromatic N) is 2. The molecule has 2 aliphatic rings. The lowest BCUT2D eigenvalue weighted by atomic mass is 10.1. The Morgan fingerprint density at radius 1 is 1.06 bits per heavy atom. The van der Waals surface area contributed by atoms with Crippen molar-refractivity contribution in [3.05, 3.63) is 65.2 Å². The zero-order chi connectivity index (χ0) is 22.7. The number of carbonyl (C=O) groups is 1. The predicted octanol–water partition coefficient (Wildman–Crippen LogP) is 3.54. The van der Waals surface area contributed by atoms with E-state index in [2.05, 4.69) is 20.4 Å². The first-order valence-corrected chi connectivity index (χ1v) is 10.5. The zero-order valence-electron chi connectivity index (χ0n) is 17.4. The fourth-order valence-electron chi connectivity index (χ4n) is 3.92. The van der Waals surface area contributed by atoms with E-state index < -0.39 is 17.8 Å². The number of nitrogens with one attached hydrogen (secondary N) is 2. The molecule has 0 radical (unpaired) electrons. The molecule has 2 aromatic rings. The highest BCUT2D eigenvalue weighted by molar-refractivity contribution is 5.92. The van der Waals surface area contributed by atoms with Gasteiger partial charge in [-0.2, -0.15) is 13.2 Å². The van der Waals surface area contributed by atoms with Crippen LogP contribution in [0.2, 0.25) is 0 Å². The number of amides is 2. The molecule has 9 heteroatoms. The third-order valence-corrected chi connectivity index (χ3v) is 5.71. The number of aliphatic hydroxyl groups excluding tert-OH is 1. The van der Waals surface area contributed by atoms with Crippen molar-refractivity contribution < 1.29 is 23.1 Å². The molecule has 0 bridgehead atoms. The highest BCUT2D eigenvalue weighted by Gasteiger charge is 2.30. The second-order valence-corrected chi connectivity index (χ2v) is 7.98. The van der Waals surface area contributed by atoms with Gasteiger partial charge in [-0.15, -0.1) is 0 Å². The molecule has 2 aromatic carbocycles. The van der Waals surface area contributed by atoms with Crippen molar-refractivity contribution in [3.63, 3.8) is 0 Å². The first-order chi connectivity index (χ1) is 15.3. The molecule has 3 N–H and O–H groups in total. The van der Waals surface area contributed by atoms with Crippen molar-refractivity contribution in [2.45, 2.75) is 18.8 Å². The number of aliphatic hydroxyl groups is 1. The van der Waals surface area contributed by atoms with Crippen LogP contribution >= 0.6 is 0 Å². The summed E-state index contributed by atoms with van der Waals surface area (Å²) in [7, 11) is 0. The van der Waals surface area contributed by atoms with E-state index in [1.54, 1.807) is 6.08 Å². The van der Waals surface area contributed by atoms with Gasteiger partial charge in [0.1, 0.15) is 0 Å². The number of urea groups is 1. The van der Waals surface area contributed by atoms with Crippen LogP contribution in [0, 0.1) is 0 Å². The van der Waals surface area contributed by atoms with Crippen LogP contribution < -0.4 is 15.5 Å². The van der Waals surface area contributed by atoms with E-state index in [4.69, 9.17) is 0 Å². The fraction of sp³-hybridized carbons (Fsp3) is 0.348. The molecule has 0 saturated carbocycles. The number of β-amino-alcohol motifs (C(OH)–C–C–N with tert-alkyl or cyclic N) is 1. The minimum Gasteiger partial charge on any atom is -0.388 e. The maximum Gasteiger partial charge on any atom is 0.416 e. The van der Waals surface area contributed by atoms with Gasteiger partial charge in [-0.3, -0.25) is 4.90 Å². The third-order valence-electron chi connectivity index (χ3n) is 5.71. The average molecular weight is 446 g/mol. The quantitative estimate of drug-likeness (QED) is 0.658. The van der Waals surface area contributed by atoms with Crippen LogP contribution in [-0.4, -0.2) is 54.9 Å². The Bertz CT molecular complexity index is 984. The molecule has 0 unspecified atom stereocenters. The van der Waals surface area contributed by atoms with E-state index in [-0.39, 0.29) is 6.03 Å². The maximum absolute atomic E-state index is 12.7.